The number of rotatable bonds is 5. The van der Waals surface area contributed by atoms with E-state index in [1.54, 1.807) is 0 Å². The van der Waals surface area contributed by atoms with Crippen molar-refractivity contribution in [1.29, 1.82) is 0 Å². The fourth-order valence-corrected chi connectivity index (χ4v) is 3.95. The molecule has 4 nitrogen and oxygen atoms in total. The van der Waals surface area contributed by atoms with Crippen molar-refractivity contribution in [1.82, 2.24) is 5.32 Å². The van der Waals surface area contributed by atoms with Crippen molar-refractivity contribution in [3.8, 4) is 0 Å². The number of quaternary nitrogens is 1. The van der Waals surface area contributed by atoms with E-state index in [0.29, 0.717) is 26.1 Å². The topological polar surface area (TPSA) is 52.2 Å². The van der Waals surface area contributed by atoms with Crippen molar-refractivity contribution in [2.75, 3.05) is 0 Å². The van der Waals surface area contributed by atoms with Gasteiger partial charge < -0.3 is 15.2 Å². The van der Waals surface area contributed by atoms with Crippen LogP contribution in [0.15, 0.2) is 84.9 Å². The van der Waals surface area contributed by atoms with E-state index >= 15 is 0 Å². The molecule has 1 heterocycles. The van der Waals surface area contributed by atoms with Crippen molar-refractivity contribution in [3.63, 3.8) is 0 Å². The van der Waals surface area contributed by atoms with Crippen LogP contribution in [-0.2, 0) is 30.8 Å². The average Bonchev–Trinajstić information content (AvgIpc) is 2.72. The maximum atomic E-state index is 13.9. The third-order valence-electron chi connectivity index (χ3n) is 5.44. The van der Waals surface area contributed by atoms with Gasteiger partial charge >= 0.3 is 0 Å². The molecule has 0 saturated heterocycles. The summed E-state index contributed by atoms with van der Waals surface area (Å²) in [5, 5.41) is 16.9. The predicted molar refractivity (Wildman–Crippen MR) is 110 cm³/mol. The normalized spacial score (nSPS) is 21.0. The molecule has 1 aliphatic heterocycles. The molecule has 0 aromatic heterocycles. The van der Waals surface area contributed by atoms with Crippen LogP contribution in [0, 0.1) is 5.21 Å². The summed E-state index contributed by atoms with van der Waals surface area (Å²) in [5.74, 6) is -0.177. The van der Waals surface area contributed by atoms with Crippen LogP contribution in [0.4, 0.5) is 0 Å². The second-order valence-corrected chi connectivity index (χ2v) is 7.45. The number of fused-ring (bicyclic) bond motifs is 1. The lowest BCUT2D eigenvalue weighted by molar-refractivity contribution is -0.924. The van der Waals surface area contributed by atoms with Crippen molar-refractivity contribution < 1.29 is 9.44 Å². The minimum absolute atomic E-state index is 0.177. The zero-order valence-corrected chi connectivity index (χ0v) is 15.8. The second kappa shape index (κ2) is 7.97. The molecule has 0 radical (unpaired) electrons. The lowest BCUT2D eigenvalue weighted by atomic mass is 9.92. The monoisotopic (exact) mass is 372 g/mol. The first-order chi connectivity index (χ1) is 13.6. The number of hydrogen-bond donors (Lipinski definition) is 1. The van der Waals surface area contributed by atoms with E-state index in [0.717, 1.165) is 22.3 Å². The first-order valence-corrected chi connectivity index (χ1v) is 9.64. The Morgan fingerprint density at radius 3 is 2.11 bits per heavy atom. The standard InChI is InChI=1S/C24H24N2O2/c27-24(25-16-19-9-3-1-4-10-19)23-15-21-13-7-8-14-22(21)18-26(23,28)17-20-11-5-2-6-12-20/h1-14,23H,15-18H2,(H,25,27)/t23-,26-/m0/s1. The Labute approximate surface area is 165 Å². The number of carbonyl (C=O) groups is 1. The van der Waals surface area contributed by atoms with Gasteiger partial charge in [-0.15, -0.1) is 0 Å². The van der Waals surface area contributed by atoms with E-state index in [4.69, 9.17) is 0 Å². The molecule has 0 unspecified atom stereocenters. The molecule has 2 atom stereocenters. The van der Waals surface area contributed by atoms with Gasteiger partial charge in [-0.2, -0.15) is 0 Å². The van der Waals surface area contributed by atoms with Crippen molar-refractivity contribution >= 4 is 5.91 Å². The number of amides is 1. The average molecular weight is 372 g/mol. The molecule has 3 aromatic rings. The molecule has 4 rings (SSSR count). The molecule has 1 amide bonds. The summed E-state index contributed by atoms with van der Waals surface area (Å²) in [5.41, 5.74) is 4.12. The maximum absolute atomic E-state index is 13.9. The Morgan fingerprint density at radius 1 is 0.857 bits per heavy atom. The van der Waals surface area contributed by atoms with E-state index < -0.39 is 10.7 Å². The number of nitrogens with one attached hydrogen (secondary N) is 1. The first-order valence-electron chi connectivity index (χ1n) is 9.64. The molecular weight excluding hydrogens is 348 g/mol. The zero-order chi connectivity index (χ0) is 19.4. The SMILES string of the molecule is O=C(NCc1ccccc1)[C@@H]1Cc2ccccc2C[N@@+]1([O-])Cc1ccccc1. The van der Waals surface area contributed by atoms with Crippen LogP contribution in [0.3, 0.4) is 0 Å². The molecule has 4 heteroatoms. The number of hydroxylamine groups is 3. The number of hydrogen-bond acceptors (Lipinski definition) is 2. The number of nitrogens with zero attached hydrogens (tertiary/aromatic N) is 1. The van der Waals surface area contributed by atoms with Gasteiger partial charge in [-0.25, -0.2) is 0 Å². The van der Waals surface area contributed by atoms with Crippen molar-refractivity contribution in [2.45, 2.75) is 32.1 Å². The highest BCUT2D eigenvalue weighted by atomic mass is 16.5. The van der Waals surface area contributed by atoms with Gasteiger partial charge in [0.25, 0.3) is 5.91 Å². The molecule has 0 saturated carbocycles. The fourth-order valence-electron chi connectivity index (χ4n) is 3.95. The quantitative estimate of drug-likeness (QED) is 0.545. The first kappa shape index (κ1) is 18.4. The Balaban J connectivity index is 1.58. The molecule has 0 aliphatic carbocycles. The molecule has 0 fully saturated rings. The third-order valence-corrected chi connectivity index (χ3v) is 5.44. The summed E-state index contributed by atoms with van der Waals surface area (Å²) in [6.45, 7) is 1.04. The second-order valence-electron chi connectivity index (χ2n) is 7.45. The van der Waals surface area contributed by atoms with Gasteiger partial charge in [0.05, 0.1) is 0 Å². The smallest absolute Gasteiger partial charge is 0.279 e. The third kappa shape index (κ3) is 3.98. The minimum Gasteiger partial charge on any atom is -0.632 e. The van der Waals surface area contributed by atoms with Crippen LogP contribution in [0.1, 0.15) is 22.3 Å². The fraction of sp³-hybridized carbons (Fsp3) is 0.208. The summed E-state index contributed by atoms with van der Waals surface area (Å²) in [6.07, 6.45) is 0.465. The van der Waals surface area contributed by atoms with E-state index in [-0.39, 0.29) is 5.91 Å². The summed E-state index contributed by atoms with van der Waals surface area (Å²) in [6, 6.07) is 26.8. The van der Waals surface area contributed by atoms with Crippen molar-refractivity contribution in [2.24, 2.45) is 0 Å². The highest BCUT2D eigenvalue weighted by Gasteiger charge is 2.40. The molecule has 0 spiro atoms. The summed E-state index contributed by atoms with van der Waals surface area (Å²) in [4.78, 5) is 13.1. The lowest BCUT2D eigenvalue weighted by Crippen LogP contribution is -2.59. The van der Waals surface area contributed by atoms with Gasteiger partial charge in [0.2, 0.25) is 0 Å². The van der Waals surface area contributed by atoms with Gasteiger partial charge in [-0.05, 0) is 11.1 Å². The van der Waals surface area contributed by atoms with Crippen LogP contribution in [0.2, 0.25) is 0 Å². The molecule has 3 aromatic carbocycles. The zero-order valence-electron chi connectivity index (χ0n) is 15.8. The minimum atomic E-state index is -0.654. The Hall–Kier alpha value is -2.95. The van der Waals surface area contributed by atoms with Crippen LogP contribution >= 0.6 is 0 Å². The van der Waals surface area contributed by atoms with Gasteiger partial charge in [-0.3, -0.25) is 4.79 Å². The van der Waals surface area contributed by atoms with E-state index in [2.05, 4.69) is 5.32 Å². The largest absolute Gasteiger partial charge is 0.632 e. The Morgan fingerprint density at radius 2 is 1.43 bits per heavy atom. The molecule has 1 aliphatic rings. The number of carbonyl (C=O) groups excluding carboxylic acids is 1. The Bertz CT molecular complexity index is 943. The highest BCUT2D eigenvalue weighted by molar-refractivity contribution is 5.81. The molecule has 1 N–H and O–H groups in total. The number of benzene rings is 3. The molecular formula is C24H24N2O2. The van der Waals surface area contributed by atoms with E-state index in [1.807, 2.05) is 84.9 Å². The summed E-state index contributed by atoms with van der Waals surface area (Å²) < 4.78 is -0.554. The van der Waals surface area contributed by atoms with E-state index in [9.17, 15) is 10.0 Å². The highest BCUT2D eigenvalue weighted by Crippen LogP contribution is 2.31. The van der Waals surface area contributed by atoms with Gasteiger partial charge in [-0.1, -0.05) is 84.9 Å². The lowest BCUT2D eigenvalue weighted by Gasteiger charge is -2.50. The van der Waals surface area contributed by atoms with Gasteiger partial charge in [0.1, 0.15) is 13.1 Å². The van der Waals surface area contributed by atoms with Crippen molar-refractivity contribution in [3.05, 3.63) is 112 Å². The van der Waals surface area contributed by atoms with Crippen LogP contribution in [0.25, 0.3) is 0 Å². The predicted octanol–water partition coefficient (Wildman–Crippen LogP) is 3.94. The molecule has 28 heavy (non-hydrogen) atoms. The summed E-state index contributed by atoms with van der Waals surface area (Å²) in [7, 11) is 0. The Kier molecular flexibility index (Phi) is 5.24. The van der Waals surface area contributed by atoms with Crippen LogP contribution in [-0.4, -0.2) is 16.6 Å². The maximum Gasteiger partial charge on any atom is 0.279 e. The van der Waals surface area contributed by atoms with Gasteiger partial charge in [0, 0.05) is 24.1 Å². The van der Waals surface area contributed by atoms with Crippen LogP contribution < -0.4 is 5.32 Å². The molecule has 0 bridgehead atoms. The van der Waals surface area contributed by atoms with E-state index in [1.165, 1.54) is 0 Å². The molecule has 142 valence electrons. The summed E-state index contributed by atoms with van der Waals surface area (Å²) >= 11 is 0. The van der Waals surface area contributed by atoms with Gasteiger partial charge in [0.15, 0.2) is 6.04 Å². The van der Waals surface area contributed by atoms with Crippen LogP contribution in [0.5, 0.6) is 0 Å².